The highest BCUT2D eigenvalue weighted by Gasteiger charge is 2.25. The van der Waals surface area contributed by atoms with E-state index in [9.17, 15) is 0 Å². The van der Waals surface area contributed by atoms with Gasteiger partial charge in [0.15, 0.2) is 5.82 Å². The molecular formula is C13H21N3O2. The first-order valence-corrected chi connectivity index (χ1v) is 7.00. The van der Waals surface area contributed by atoms with Crippen LogP contribution in [0.15, 0.2) is 4.52 Å². The van der Waals surface area contributed by atoms with E-state index in [1.54, 1.807) is 0 Å². The number of aromatic nitrogens is 2. The molecule has 0 aromatic carbocycles. The molecule has 1 N–H and O–H groups in total. The third-order valence-electron chi connectivity index (χ3n) is 3.96. The van der Waals surface area contributed by atoms with Gasteiger partial charge in [0.25, 0.3) is 0 Å². The van der Waals surface area contributed by atoms with E-state index in [4.69, 9.17) is 9.26 Å². The lowest BCUT2D eigenvalue weighted by Crippen LogP contribution is -2.31. The SMILES string of the molecule is C[C@@H](N[C@@H]1CCOC1)c1nc(C2CCCC2)no1. The monoisotopic (exact) mass is 251 g/mol. The van der Waals surface area contributed by atoms with Gasteiger partial charge >= 0.3 is 0 Å². The fourth-order valence-corrected chi connectivity index (χ4v) is 2.86. The normalized spacial score (nSPS) is 26.8. The first-order valence-electron chi connectivity index (χ1n) is 7.00. The van der Waals surface area contributed by atoms with Gasteiger partial charge in [0.2, 0.25) is 5.89 Å². The maximum atomic E-state index is 5.38. The van der Waals surface area contributed by atoms with Gasteiger partial charge in [-0.3, -0.25) is 0 Å². The summed E-state index contributed by atoms with van der Waals surface area (Å²) in [6, 6.07) is 0.529. The number of hydrogen-bond donors (Lipinski definition) is 1. The van der Waals surface area contributed by atoms with Gasteiger partial charge in [-0.05, 0) is 26.2 Å². The number of hydrogen-bond acceptors (Lipinski definition) is 5. The number of ether oxygens (including phenoxy) is 1. The minimum atomic E-state index is 0.111. The van der Waals surface area contributed by atoms with Crippen LogP contribution in [0.2, 0.25) is 0 Å². The van der Waals surface area contributed by atoms with Crippen LogP contribution >= 0.6 is 0 Å². The highest BCUT2D eigenvalue weighted by atomic mass is 16.5. The van der Waals surface area contributed by atoms with E-state index < -0.39 is 0 Å². The molecule has 5 nitrogen and oxygen atoms in total. The predicted octanol–water partition coefficient (Wildman–Crippen LogP) is 2.17. The Hall–Kier alpha value is -0.940. The van der Waals surface area contributed by atoms with Crippen LogP contribution in [-0.4, -0.2) is 29.4 Å². The molecule has 0 bridgehead atoms. The second-order valence-electron chi connectivity index (χ2n) is 5.42. The number of rotatable bonds is 4. The molecular weight excluding hydrogens is 230 g/mol. The molecule has 0 spiro atoms. The molecule has 2 heterocycles. The van der Waals surface area contributed by atoms with Crippen LogP contribution in [0.1, 0.15) is 62.7 Å². The van der Waals surface area contributed by atoms with Crippen molar-refractivity contribution in [2.75, 3.05) is 13.2 Å². The average molecular weight is 251 g/mol. The van der Waals surface area contributed by atoms with Crippen LogP contribution in [0, 0.1) is 0 Å². The molecule has 1 saturated carbocycles. The van der Waals surface area contributed by atoms with E-state index in [1.165, 1.54) is 25.7 Å². The maximum absolute atomic E-state index is 5.38. The molecule has 1 aliphatic carbocycles. The van der Waals surface area contributed by atoms with Gasteiger partial charge in [-0.2, -0.15) is 4.98 Å². The zero-order chi connectivity index (χ0) is 12.4. The first-order chi connectivity index (χ1) is 8.83. The summed E-state index contributed by atoms with van der Waals surface area (Å²) in [5.74, 6) is 2.13. The summed E-state index contributed by atoms with van der Waals surface area (Å²) in [6.07, 6.45) is 6.06. The lowest BCUT2D eigenvalue weighted by molar-refractivity contribution is 0.187. The fourth-order valence-electron chi connectivity index (χ4n) is 2.86. The Kier molecular flexibility index (Phi) is 3.61. The van der Waals surface area contributed by atoms with E-state index in [2.05, 4.69) is 22.4 Å². The van der Waals surface area contributed by atoms with Crippen molar-refractivity contribution >= 4 is 0 Å². The molecule has 18 heavy (non-hydrogen) atoms. The third kappa shape index (κ3) is 2.57. The summed E-state index contributed by atoms with van der Waals surface area (Å²) >= 11 is 0. The van der Waals surface area contributed by atoms with Crippen molar-refractivity contribution in [1.82, 2.24) is 15.5 Å². The van der Waals surface area contributed by atoms with Crippen LogP contribution in [0.3, 0.4) is 0 Å². The zero-order valence-electron chi connectivity index (χ0n) is 10.9. The molecule has 3 rings (SSSR count). The molecule has 100 valence electrons. The Balaban J connectivity index is 1.60. The summed E-state index contributed by atoms with van der Waals surface area (Å²) < 4.78 is 10.7. The molecule has 0 unspecified atom stereocenters. The van der Waals surface area contributed by atoms with Crippen molar-refractivity contribution in [3.8, 4) is 0 Å². The lowest BCUT2D eigenvalue weighted by Gasteiger charge is -2.14. The second-order valence-corrected chi connectivity index (χ2v) is 5.42. The van der Waals surface area contributed by atoms with Gasteiger partial charge in [0.05, 0.1) is 12.6 Å². The molecule has 1 saturated heterocycles. The first kappa shape index (κ1) is 12.1. The van der Waals surface area contributed by atoms with Crippen molar-refractivity contribution in [3.05, 3.63) is 11.7 Å². The Morgan fingerprint density at radius 2 is 2.11 bits per heavy atom. The molecule has 0 radical (unpaired) electrons. The number of nitrogens with zero attached hydrogens (tertiary/aromatic N) is 2. The van der Waals surface area contributed by atoms with Crippen LogP contribution in [-0.2, 0) is 4.74 Å². The van der Waals surface area contributed by atoms with Crippen molar-refractivity contribution in [1.29, 1.82) is 0 Å². The summed E-state index contributed by atoms with van der Waals surface area (Å²) in [7, 11) is 0. The molecule has 1 aromatic rings. The van der Waals surface area contributed by atoms with Crippen LogP contribution in [0.5, 0.6) is 0 Å². The Labute approximate surface area is 107 Å². The van der Waals surface area contributed by atoms with E-state index >= 15 is 0 Å². The van der Waals surface area contributed by atoms with E-state index in [1.807, 2.05) is 0 Å². The number of nitrogens with one attached hydrogen (secondary N) is 1. The minimum Gasteiger partial charge on any atom is -0.380 e. The van der Waals surface area contributed by atoms with Crippen molar-refractivity contribution in [3.63, 3.8) is 0 Å². The molecule has 0 amide bonds. The van der Waals surface area contributed by atoms with Gasteiger partial charge in [-0.25, -0.2) is 0 Å². The van der Waals surface area contributed by atoms with E-state index in [0.29, 0.717) is 17.9 Å². The van der Waals surface area contributed by atoms with Gasteiger partial charge in [0, 0.05) is 18.6 Å². The minimum absolute atomic E-state index is 0.111. The van der Waals surface area contributed by atoms with Crippen LogP contribution < -0.4 is 5.32 Å². The van der Waals surface area contributed by atoms with Gasteiger partial charge in [-0.15, -0.1) is 0 Å². The smallest absolute Gasteiger partial charge is 0.243 e. The largest absolute Gasteiger partial charge is 0.380 e. The maximum Gasteiger partial charge on any atom is 0.243 e. The van der Waals surface area contributed by atoms with Crippen LogP contribution in [0.25, 0.3) is 0 Å². The Morgan fingerprint density at radius 3 is 2.83 bits per heavy atom. The molecule has 5 heteroatoms. The van der Waals surface area contributed by atoms with Crippen molar-refractivity contribution in [2.45, 2.75) is 57.0 Å². The van der Waals surface area contributed by atoms with Crippen molar-refractivity contribution < 1.29 is 9.26 Å². The van der Waals surface area contributed by atoms with Crippen LogP contribution in [0.4, 0.5) is 0 Å². The fraction of sp³-hybridized carbons (Fsp3) is 0.846. The Bertz CT molecular complexity index is 381. The van der Waals surface area contributed by atoms with Gasteiger partial charge in [0.1, 0.15) is 0 Å². The molecule has 2 aliphatic rings. The standard InChI is InChI=1S/C13H21N3O2/c1-9(14-11-6-7-17-8-11)13-15-12(16-18-13)10-4-2-3-5-10/h9-11,14H,2-8H2,1H3/t9-,11-/m1/s1. The zero-order valence-corrected chi connectivity index (χ0v) is 10.9. The summed E-state index contributed by atoms with van der Waals surface area (Å²) in [4.78, 5) is 4.55. The molecule has 1 aliphatic heterocycles. The summed E-state index contributed by atoms with van der Waals surface area (Å²) in [5, 5.41) is 7.61. The van der Waals surface area contributed by atoms with Gasteiger partial charge in [-0.1, -0.05) is 18.0 Å². The Morgan fingerprint density at radius 1 is 1.28 bits per heavy atom. The predicted molar refractivity (Wildman–Crippen MR) is 66.3 cm³/mol. The topological polar surface area (TPSA) is 60.2 Å². The highest BCUT2D eigenvalue weighted by molar-refractivity contribution is 5.00. The second kappa shape index (κ2) is 5.36. The summed E-state index contributed by atoms with van der Waals surface area (Å²) in [5.41, 5.74) is 0. The lowest BCUT2D eigenvalue weighted by atomic mass is 10.1. The van der Waals surface area contributed by atoms with Gasteiger partial charge < -0.3 is 14.6 Å². The van der Waals surface area contributed by atoms with E-state index in [0.717, 1.165) is 25.5 Å². The third-order valence-corrected chi connectivity index (χ3v) is 3.96. The van der Waals surface area contributed by atoms with E-state index in [-0.39, 0.29) is 6.04 Å². The summed E-state index contributed by atoms with van der Waals surface area (Å²) in [6.45, 7) is 3.71. The highest BCUT2D eigenvalue weighted by Crippen LogP contribution is 2.32. The quantitative estimate of drug-likeness (QED) is 0.888. The average Bonchev–Trinajstić information content (AvgIpc) is 3.11. The molecule has 2 atom stereocenters. The molecule has 1 aromatic heterocycles. The van der Waals surface area contributed by atoms with Crippen molar-refractivity contribution in [2.24, 2.45) is 0 Å². The molecule has 2 fully saturated rings.